The molecule has 0 radical (unpaired) electrons. The third-order valence-corrected chi connectivity index (χ3v) is 5.64. The van der Waals surface area contributed by atoms with Crippen molar-refractivity contribution in [3.63, 3.8) is 0 Å². The van der Waals surface area contributed by atoms with E-state index in [-0.39, 0.29) is 0 Å². The summed E-state index contributed by atoms with van der Waals surface area (Å²) in [4.78, 5) is 0. The average Bonchev–Trinajstić information content (AvgIpc) is 3.15. The van der Waals surface area contributed by atoms with Crippen LogP contribution < -0.4 is 5.32 Å². The van der Waals surface area contributed by atoms with E-state index < -0.39 is 0 Å². The molecule has 0 amide bonds. The maximum absolute atomic E-state index is 8.22. The topological polar surface area (TPSA) is 40.8 Å². The number of benzene rings is 4. The van der Waals surface area contributed by atoms with E-state index in [4.69, 9.17) is 5.41 Å². The second-order valence-electron chi connectivity index (χ2n) is 6.89. The fraction of sp³-hybridized carbons (Fsp3) is 0.0741. The molecule has 1 heterocycles. The molecule has 0 aliphatic heterocycles. The second kappa shape index (κ2) is 9.19. The Balaban J connectivity index is 0.00000112. The first-order chi connectivity index (χ1) is 15.3. The van der Waals surface area contributed by atoms with Crippen LogP contribution in [-0.4, -0.2) is 10.8 Å². The molecule has 154 valence electrons. The summed E-state index contributed by atoms with van der Waals surface area (Å²) in [7, 11) is 0. The summed E-state index contributed by atoms with van der Waals surface area (Å²) < 4.78 is 3.29. The number of hydrogen-bond acceptors (Lipinski definition) is 2. The minimum atomic E-state index is 0.863. The van der Waals surface area contributed by atoms with Gasteiger partial charge >= 0.3 is 0 Å². The number of hydrogen-bond donors (Lipinski definition) is 2. The molecule has 0 unspecified atom stereocenters. The van der Waals surface area contributed by atoms with E-state index in [1.54, 1.807) is 0 Å². The van der Waals surface area contributed by atoms with Gasteiger partial charge in [0.2, 0.25) is 0 Å². The van der Waals surface area contributed by atoms with Gasteiger partial charge < -0.3 is 15.3 Å². The lowest BCUT2D eigenvalue weighted by molar-refractivity contribution is 1.18. The van der Waals surface area contributed by atoms with Gasteiger partial charge in [-0.05, 0) is 48.5 Å². The molecule has 2 N–H and O–H groups in total. The molecule has 31 heavy (non-hydrogen) atoms. The van der Waals surface area contributed by atoms with Crippen LogP contribution >= 0.6 is 15.9 Å². The van der Waals surface area contributed by atoms with Crippen LogP contribution in [0.4, 0.5) is 11.4 Å². The SMILES string of the molecule is CC.N=Cc1c(Nc2ccccc2)ccc2c3cc(Br)ccc3n(-c3ccccc3)c12. The molecule has 0 fully saturated rings. The predicted molar refractivity (Wildman–Crippen MR) is 137 cm³/mol. The van der Waals surface area contributed by atoms with Gasteiger partial charge in [0.1, 0.15) is 0 Å². The van der Waals surface area contributed by atoms with Crippen molar-refractivity contribution in [3.8, 4) is 5.69 Å². The Morgan fingerprint density at radius 1 is 0.806 bits per heavy atom. The summed E-state index contributed by atoms with van der Waals surface area (Å²) in [5.74, 6) is 0. The van der Waals surface area contributed by atoms with Gasteiger partial charge in [-0.1, -0.05) is 72.2 Å². The first-order valence-electron chi connectivity index (χ1n) is 10.4. The largest absolute Gasteiger partial charge is 0.355 e. The number of aromatic nitrogens is 1. The summed E-state index contributed by atoms with van der Waals surface area (Å²) in [5, 5.41) is 14.0. The molecule has 0 atom stereocenters. The van der Waals surface area contributed by atoms with Gasteiger partial charge in [0, 0.05) is 44.1 Å². The van der Waals surface area contributed by atoms with Crippen LogP contribution in [-0.2, 0) is 0 Å². The molecule has 4 aromatic carbocycles. The van der Waals surface area contributed by atoms with Crippen molar-refractivity contribution < 1.29 is 0 Å². The Kier molecular flexibility index (Phi) is 6.19. The van der Waals surface area contributed by atoms with Crippen molar-refractivity contribution in [1.29, 1.82) is 5.41 Å². The lowest BCUT2D eigenvalue weighted by Gasteiger charge is -2.14. The fourth-order valence-corrected chi connectivity index (χ4v) is 4.24. The van der Waals surface area contributed by atoms with Gasteiger partial charge in [0.15, 0.2) is 0 Å². The highest BCUT2D eigenvalue weighted by Gasteiger charge is 2.17. The van der Waals surface area contributed by atoms with Gasteiger partial charge in [-0.2, -0.15) is 0 Å². The maximum Gasteiger partial charge on any atom is 0.0649 e. The Hall–Kier alpha value is -3.37. The highest BCUT2D eigenvalue weighted by molar-refractivity contribution is 9.10. The van der Waals surface area contributed by atoms with Crippen molar-refractivity contribution in [1.82, 2.24) is 4.57 Å². The fourth-order valence-electron chi connectivity index (χ4n) is 3.88. The molecule has 5 aromatic rings. The van der Waals surface area contributed by atoms with Gasteiger partial charge in [-0.25, -0.2) is 0 Å². The van der Waals surface area contributed by atoms with Gasteiger partial charge in [-0.15, -0.1) is 0 Å². The van der Waals surface area contributed by atoms with Crippen LogP contribution in [0, 0.1) is 5.41 Å². The normalized spacial score (nSPS) is 10.5. The molecule has 0 saturated heterocycles. The zero-order valence-electron chi connectivity index (χ0n) is 17.6. The number of nitrogens with zero attached hydrogens (tertiary/aromatic N) is 1. The van der Waals surface area contributed by atoms with Crippen LogP contribution in [0.5, 0.6) is 0 Å². The first kappa shape index (κ1) is 20.9. The van der Waals surface area contributed by atoms with Crippen LogP contribution in [0.1, 0.15) is 19.4 Å². The van der Waals surface area contributed by atoms with E-state index in [1.807, 2.05) is 62.4 Å². The van der Waals surface area contributed by atoms with Crippen molar-refractivity contribution in [2.75, 3.05) is 5.32 Å². The highest BCUT2D eigenvalue weighted by Crippen LogP contribution is 2.38. The van der Waals surface area contributed by atoms with Crippen molar-refractivity contribution in [2.45, 2.75) is 13.8 Å². The molecule has 0 bridgehead atoms. The van der Waals surface area contributed by atoms with Crippen LogP contribution in [0.2, 0.25) is 0 Å². The summed E-state index contributed by atoms with van der Waals surface area (Å²) in [6, 6.07) is 30.9. The molecule has 0 saturated carbocycles. The van der Waals surface area contributed by atoms with Gasteiger partial charge in [-0.3, -0.25) is 0 Å². The minimum absolute atomic E-state index is 0.863. The molecule has 5 rings (SSSR count). The van der Waals surface area contributed by atoms with Crippen molar-refractivity contribution in [2.24, 2.45) is 0 Å². The monoisotopic (exact) mass is 469 g/mol. The Morgan fingerprint density at radius 3 is 2.16 bits per heavy atom. The zero-order chi connectivity index (χ0) is 21.8. The number of anilines is 2. The standard InChI is InChI=1S/C25H18BrN3.C2H6/c26-17-11-14-24-21(15-17)20-12-13-23(28-18-7-3-1-4-8-18)22(16-27)25(20)29(24)19-9-5-2-6-10-19;1-2/h1-16,27-28H;1-2H3. The predicted octanol–water partition coefficient (Wildman–Crippen LogP) is 8.31. The third kappa shape index (κ3) is 3.87. The van der Waals surface area contributed by atoms with Crippen molar-refractivity contribution >= 4 is 55.3 Å². The highest BCUT2D eigenvalue weighted by atomic mass is 79.9. The van der Waals surface area contributed by atoms with Crippen LogP contribution in [0.15, 0.2) is 95.5 Å². The van der Waals surface area contributed by atoms with Gasteiger partial charge in [0.25, 0.3) is 0 Å². The first-order valence-corrected chi connectivity index (χ1v) is 11.2. The maximum atomic E-state index is 8.22. The number of nitrogens with one attached hydrogen (secondary N) is 2. The van der Waals surface area contributed by atoms with Crippen LogP contribution in [0.3, 0.4) is 0 Å². The number of rotatable bonds is 4. The molecule has 0 aliphatic rings. The third-order valence-electron chi connectivity index (χ3n) is 5.14. The van der Waals surface area contributed by atoms with Crippen LogP contribution in [0.25, 0.3) is 27.5 Å². The van der Waals surface area contributed by atoms with E-state index in [2.05, 4.69) is 68.3 Å². The van der Waals surface area contributed by atoms with E-state index in [0.717, 1.165) is 48.9 Å². The van der Waals surface area contributed by atoms with E-state index in [0.29, 0.717) is 0 Å². The molecular formula is C27H24BrN3. The Morgan fingerprint density at radius 2 is 1.48 bits per heavy atom. The van der Waals surface area contributed by atoms with Gasteiger partial charge in [0.05, 0.1) is 11.0 Å². The van der Waals surface area contributed by atoms with Crippen molar-refractivity contribution in [3.05, 3.63) is 101 Å². The Bertz CT molecular complexity index is 1340. The zero-order valence-corrected chi connectivity index (χ0v) is 19.1. The molecule has 0 spiro atoms. The van der Waals surface area contributed by atoms with E-state index >= 15 is 0 Å². The minimum Gasteiger partial charge on any atom is -0.355 e. The quantitative estimate of drug-likeness (QED) is 0.255. The molecule has 1 aromatic heterocycles. The molecule has 0 aliphatic carbocycles. The Labute approximate surface area is 191 Å². The number of para-hydroxylation sites is 2. The summed E-state index contributed by atoms with van der Waals surface area (Å²) in [6.07, 6.45) is 1.45. The van der Waals surface area contributed by atoms with E-state index in [9.17, 15) is 0 Å². The number of fused-ring (bicyclic) bond motifs is 3. The average molecular weight is 470 g/mol. The van der Waals surface area contributed by atoms with E-state index in [1.165, 1.54) is 6.21 Å². The molecule has 4 heteroatoms. The summed E-state index contributed by atoms with van der Waals surface area (Å²) in [5.41, 5.74) is 6.00. The lowest BCUT2D eigenvalue weighted by Crippen LogP contribution is -2.00. The second-order valence-corrected chi connectivity index (χ2v) is 7.81. The summed E-state index contributed by atoms with van der Waals surface area (Å²) in [6.45, 7) is 4.00. The molecule has 3 nitrogen and oxygen atoms in total. The smallest absolute Gasteiger partial charge is 0.0649 e. The lowest BCUT2D eigenvalue weighted by atomic mass is 10.1. The molecular weight excluding hydrogens is 446 g/mol. The number of halogens is 1. The summed E-state index contributed by atoms with van der Waals surface area (Å²) >= 11 is 3.61.